The first-order chi connectivity index (χ1) is 7.84. The number of aryl methyl sites for hydroxylation is 1. The summed E-state index contributed by atoms with van der Waals surface area (Å²) in [5.41, 5.74) is 2.16. The molecule has 1 heteroatoms. The molecule has 0 saturated carbocycles. The second-order valence-corrected chi connectivity index (χ2v) is 3.51. The molecule has 78 valence electrons. The molecule has 2 rings (SSSR count). The molecule has 0 atom stereocenters. The van der Waals surface area contributed by atoms with Gasteiger partial charge in [0.15, 0.2) is 0 Å². The highest BCUT2D eigenvalue weighted by Crippen LogP contribution is 2.10. The SMILES string of the molecule is Cc1ccc(OC#Cc2ccccc2)cc1. The highest BCUT2D eigenvalue weighted by atomic mass is 16.5. The van der Waals surface area contributed by atoms with Crippen LogP contribution in [0.2, 0.25) is 0 Å². The summed E-state index contributed by atoms with van der Waals surface area (Å²) in [7, 11) is 0. The fraction of sp³-hybridized carbons (Fsp3) is 0.0667. The van der Waals surface area contributed by atoms with E-state index in [2.05, 4.69) is 12.0 Å². The number of rotatable bonds is 1. The summed E-state index contributed by atoms with van der Waals surface area (Å²) in [5.74, 6) is 3.71. The summed E-state index contributed by atoms with van der Waals surface area (Å²) in [4.78, 5) is 0. The van der Waals surface area contributed by atoms with Crippen molar-refractivity contribution in [1.29, 1.82) is 0 Å². The molecule has 0 aromatic heterocycles. The van der Waals surface area contributed by atoms with Gasteiger partial charge in [-0.1, -0.05) is 35.9 Å². The molecule has 0 unspecified atom stereocenters. The van der Waals surface area contributed by atoms with Crippen molar-refractivity contribution in [2.45, 2.75) is 6.92 Å². The zero-order chi connectivity index (χ0) is 11.2. The van der Waals surface area contributed by atoms with Gasteiger partial charge in [0.1, 0.15) is 11.9 Å². The molecule has 2 aromatic carbocycles. The molecule has 0 N–H and O–H groups in total. The largest absolute Gasteiger partial charge is 0.407 e. The van der Waals surface area contributed by atoms with Gasteiger partial charge in [0.05, 0.1) is 0 Å². The van der Waals surface area contributed by atoms with E-state index in [1.807, 2.05) is 61.5 Å². The van der Waals surface area contributed by atoms with E-state index in [-0.39, 0.29) is 0 Å². The molecular weight excluding hydrogens is 196 g/mol. The Morgan fingerprint density at radius 1 is 0.875 bits per heavy atom. The van der Waals surface area contributed by atoms with E-state index in [4.69, 9.17) is 4.74 Å². The van der Waals surface area contributed by atoms with Gasteiger partial charge in [-0.25, -0.2) is 0 Å². The van der Waals surface area contributed by atoms with Crippen LogP contribution in [0.3, 0.4) is 0 Å². The van der Waals surface area contributed by atoms with Crippen LogP contribution in [0.4, 0.5) is 0 Å². The minimum atomic E-state index is 0.772. The van der Waals surface area contributed by atoms with Gasteiger partial charge in [0.25, 0.3) is 0 Å². The zero-order valence-corrected chi connectivity index (χ0v) is 9.10. The normalized spacial score (nSPS) is 9.06. The molecule has 16 heavy (non-hydrogen) atoms. The van der Waals surface area contributed by atoms with Gasteiger partial charge in [0.2, 0.25) is 0 Å². The first-order valence-corrected chi connectivity index (χ1v) is 5.14. The topological polar surface area (TPSA) is 9.23 Å². The zero-order valence-electron chi connectivity index (χ0n) is 9.10. The molecule has 0 aliphatic carbocycles. The predicted octanol–water partition coefficient (Wildman–Crippen LogP) is 3.38. The molecule has 0 spiro atoms. The van der Waals surface area contributed by atoms with E-state index in [1.165, 1.54) is 5.56 Å². The lowest BCUT2D eigenvalue weighted by molar-refractivity contribution is 0.519. The monoisotopic (exact) mass is 208 g/mol. The van der Waals surface area contributed by atoms with E-state index < -0.39 is 0 Å². The summed E-state index contributed by atoms with van der Waals surface area (Å²) in [6.45, 7) is 2.04. The molecular formula is C15H12O. The van der Waals surface area contributed by atoms with Gasteiger partial charge >= 0.3 is 0 Å². The van der Waals surface area contributed by atoms with Gasteiger partial charge in [0, 0.05) is 5.56 Å². The molecule has 0 heterocycles. The van der Waals surface area contributed by atoms with Gasteiger partial charge < -0.3 is 4.74 Å². The van der Waals surface area contributed by atoms with Crippen LogP contribution < -0.4 is 4.74 Å². The number of hydrogen-bond acceptors (Lipinski definition) is 1. The Balaban J connectivity index is 2.03. The van der Waals surface area contributed by atoms with Gasteiger partial charge in [-0.3, -0.25) is 0 Å². The third-order valence-electron chi connectivity index (χ3n) is 2.16. The van der Waals surface area contributed by atoms with Crippen molar-refractivity contribution >= 4 is 0 Å². The Bertz CT molecular complexity index is 501. The van der Waals surface area contributed by atoms with Gasteiger partial charge in [-0.2, -0.15) is 0 Å². The van der Waals surface area contributed by atoms with Crippen molar-refractivity contribution in [3.8, 4) is 17.8 Å². The van der Waals surface area contributed by atoms with Crippen molar-refractivity contribution in [1.82, 2.24) is 0 Å². The number of benzene rings is 2. The van der Waals surface area contributed by atoms with Crippen LogP contribution in [-0.4, -0.2) is 0 Å². The summed E-state index contributed by atoms with van der Waals surface area (Å²) >= 11 is 0. The van der Waals surface area contributed by atoms with Crippen LogP contribution in [0.1, 0.15) is 11.1 Å². The molecule has 0 saturated heterocycles. The molecule has 2 aromatic rings. The Morgan fingerprint density at radius 3 is 2.25 bits per heavy atom. The first kappa shape index (κ1) is 10.3. The minimum absolute atomic E-state index is 0.772. The first-order valence-electron chi connectivity index (χ1n) is 5.14. The maximum absolute atomic E-state index is 5.30. The highest BCUT2D eigenvalue weighted by Gasteiger charge is 1.89. The van der Waals surface area contributed by atoms with E-state index in [9.17, 15) is 0 Å². The van der Waals surface area contributed by atoms with Crippen LogP contribution in [0.5, 0.6) is 5.75 Å². The quantitative estimate of drug-likeness (QED) is 0.653. The Kier molecular flexibility index (Phi) is 3.25. The van der Waals surface area contributed by atoms with Crippen LogP contribution >= 0.6 is 0 Å². The average Bonchev–Trinajstić information content (AvgIpc) is 2.33. The van der Waals surface area contributed by atoms with Gasteiger partial charge in [-0.15, -0.1) is 0 Å². The molecule has 0 bridgehead atoms. The van der Waals surface area contributed by atoms with Crippen molar-refractivity contribution in [2.75, 3.05) is 0 Å². The molecule has 0 fully saturated rings. The Hall–Kier alpha value is -2.20. The summed E-state index contributed by atoms with van der Waals surface area (Å²) in [6.07, 6.45) is 2.69. The van der Waals surface area contributed by atoms with Crippen molar-refractivity contribution in [3.63, 3.8) is 0 Å². The molecule has 0 radical (unpaired) electrons. The maximum Gasteiger partial charge on any atom is 0.140 e. The lowest BCUT2D eigenvalue weighted by Gasteiger charge is -1.96. The van der Waals surface area contributed by atoms with Crippen LogP contribution in [0.15, 0.2) is 54.6 Å². The molecule has 0 aliphatic rings. The lowest BCUT2D eigenvalue weighted by atomic mass is 10.2. The molecule has 0 aliphatic heterocycles. The fourth-order valence-electron chi connectivity index (χ4n) is 1.27. The third kappa shape index (κ3) is 2.90. The number of ether oxygens (including phenoxy) is 1. The summed E-state index contributed by atoms with van der Waals surface area (Å²) in [6, 6.07) is 17.6. The molecule has 1 nitrogen and oxygen atoms in total. The minimum Gasteiger partial charge on any atom is -0.407 e. The smallest absolute Gasteiger partial charge is 0.140 e. The Labute approximate surface area is 95.7 Å². The fourth-order valence-corrected chi connectivity index (χ4v) is 1.27. The van der Waals surface area contributed by atoms with Crippen LogP contribution in [0, 0.1) is 19.0 Å². The highest BCUT2D eigenvalue weighted by molar-refractivity contribution is 5.34. The van der Waals surface area contributed by atoms with E-state index >= 15 is 0 Å². The predicted molar refractivity (Wildman–Crippen MR) is 65.1 cm³/mol. The van der Waals surface area contributed by atoms with Crippen molar-refractivity contribution in [3.05, 3.63) is 65.7 Å². The van der Waals surface area contributed by atoms with Crippen molar-refractivity contribution in [2.24, 2.45) is 0 Å². The van der Waals surface area contributed by atoms with Gasteiger partial charge in [-0.05, 0) is 37.1 Å². The van der Waals surface area contributed by atoms with E-state index in [0.29, 0.717) is 0 Å². The maximum atomic E-state index is 5.30. The molecule has 0 amide bonds. The Morgan fingerprint density at radius 2 is 1.56 bits per heavy atom. The lowest BCUT2D eigenvalue weighted by Crippen LogP contribution is -1.83. The van der Waals surface area contributed by atoms with E-state index in [0.717, 1.165) is 11.3 Å². The standard InChI is InChI=1S/C15H12O/c1-13-7-9-15(10-8-13)16-12-11-14-5-3-2-4-6-14/h2-10H,1H3. The van der Waals surface area contributed by atoms with Crippen LogP contribution in [0.25, 0.3) is 0 Å². The number of hydrogen-bond donors (Lipinski definition) is 0. The summed E-state index contributed by atoms with van der Waals surface area (Å²) < 4.78 is 5.30. The second-order valence-electron chi connectivity index (χ2n) is 3.51. The average molecular weight is 208 g/mol. The van der Waals surface area contributed by atoms with E-state index in [1.54, 1.807) is 0 Å². The third-order valence-corrected chi connectivity index (χ3v) is 2.16. The van der Waals surface area contributed by atoms with Crippen LogP contribution in [-0.2, 0) is 0 Å². The van der Waals surface area contributed by atoms with Crippen molar-refractivity contribution < 1.29 is 4.74 Å². The summed E-state index contributed by atoms with van der Waals surface area (Å²) in [5, 5.41) is 0. The second kappa shape index (κ2) is 5.04.